The molecular formula is C10H16N4O3. The third-order valence-electron chi connectivity index (χ3n) is 1.84. The topological polar surface area (TPSA) is 96.3 Å². The number of carbonyl (C=O) groups excluding carboxylic acids is 2. The fourth-order valence-electron chi connectivity index (χ4n) is 0.874. The number of hydrogen-bond acceptors (Lipinski definition) is 4. The number of nitrogens with zero attached hydrogens (tertiary/aromatic N) is 1. The Labute approximate surface area is 98.9 Å². The summed E-state index contributed by atoms with van der Waals surface area (Å²) >= 11 is 0. The van der Waals surface area contributed by atoms with Crippen molar-refractivity contribution in [3.05, 3.63) is 11.8 Å². The third kappa shape index (κ3) is 4.13. The van der Waals surface area contributed by atoms with Crippen LogP contribution in [-0.4, -0.2) is 17.1 Å². The fourth-order valence-corrected chi connectivity index (χ4v) is 0.874. The molecule has 0 aliphatic heterocycles. The lowest BCUT2D eigenvalue weighted by molar-refractivity contribution is -0.129. The predicted molar refractivity (Wildman–Crippen MR) is 61.0 cm³/mol. The van der Waals surface area contributed by atoms with Crippen LogP contribution in [0.1, 0.15) is 26.5 Å². The first-order valence-corrected chi connectivity index (χ1v) is 5.10. The highest BCUT2D eigenvalue weighted by atomic mass is 16.5. The molecule has 0 saturated heterocycles. The summed E-state index contributed by atoms with van der Waals surface area (Å²) in [6.45, 7) is 6.92. The Kier molecular flexibility index (Phi) is 3.72. The van der Waals surface area contributed by atoms with Gasteiger partial charge in [0.25, 0.3) is 0 Å². The van der Waals surface area contributed by atoms with Crippen molar-refractivity contribution in [1.29, 1.82) is 0 Å². The van der Waals surface area contributed by atoms with Crippen LogP contribution in [-0.2, 0) is 4.79 Å². The maximum atomic E-state index is 11.4. The van der Waals surface area contributed by atoms with Crippen LogP contribution in [0.2, 0.25) is 0 Å². The maximum Gasteiger partial charge on any atom is 0.339 e. The first-order chi connectivity index (χ1) is 7.79. The van der Waals surface area contributed by atoms with E-state index in [1.807, 2.05) is 0 Å². The van der Waals surface area contributed by atoms with Crippen LogP contribution < -0.4 is 16.2 Å². The minimum absolute atomic E-state index is 0.282. The van der Waals surface area contributed by atoms with E-state index in [2.05, 4.69) is 21.3 Å². The van der Waals surface area contributed by atoms with E-state index < -0.39 is 11.4 Å². The lowest BCUT2D eigenvalue weighted by Crippen LogP contribution is -2.48. The van der Waals surface area contributed by atoms with Gasteiger partial charge in [0, 0.05) is 11.5 Å². The summed E-state index contributed by atoms with van der Waals surface area (Å²) in [7, 11) is 0. The molecule has 0 bridgehead atoms. The van der Waals surface area contributed by atoms with Gasteiger partial charge in [0.05, 0.1) is 0 Å². The first kappa shape index (κ1) is 13.0. The summed E-state index contributed by atoms with van der Waals surface area (Å²) in [5.74, 6) is 0.577. The predicted octanol–water partition coefficient (Wildman–Crippen LogP) is 1.18. The molecule has 3 N–H and O–H groups in total. The summed E-state index contributed by atoms with van der Waals surface area (Å²) in [5.41, 5.74) is 3.93. The average Bonchev–Trinajstić information content (AvgIpc) is 2.58. The van der Waals surface area contributed by atoms with E-state index in [0.29, 0.717) is 5.76 Å². The second-order valence-corrected chi connectivity index (χ2v) is 4.61. The average molecular weight is 240 g/mol. The summed E-state index contributed by atoms with van der Waals surface area (Å²) in [6, 6.07) is 0.974. The number of carbonyl (C=O) groups is 2. The molecule has 1 aromatic rings. The molecule has 0 saturated carbocycles. The van der Waals surface area contributed by atoms with Crippen LogP contribution in [0.3, 0.4) is 0 Å². The second-order valence-electron chi connectivity index (χ2n) is 4.61. The van der Waals surface area contributed by atoms with E-state index in [4.69, 9.17) is 4.52 Å². The van der Waals surface area contributed by atoms with Crippen LogP contribution in [0.4, 0.5) is 10.6 Å². The number of aromatic nitrogens is 1. The fraction of sp³-hybridized carbons (Fsp3) is 0.500. The van der Waals surface area contributed by atoms with Crippen molar-refractivity contribution in [2.45, 2.75) is 27.7 Å². The molecule has 0 aromatic carbocycles. The van der Waals surface area contributed by atoms with Gasteiger partial charge < -0.3 is 4.52 Å². The van der Waals surface area contributed by atoms with Gasteiger partial charge in [-0.15, -0.1) is 0 Å². The van der Waals surface area contributed by atoms with Crippen LogP contribution in [0.25, 0.3) is 0 Å². The number of hydrazine groups is 1. The highest BCUT2D eigenvalue weighted by Crippen LogP contribution is 2.11. The standard InChI is InChI=1S/C10H16N4O3/c1-6-5-7(14-17-6)11-9(16)13-12-8(15)10(2,3)4/h5H,1-4H3,(H,12,15)(H2,11,13,14,16). The monoisotopic (exact) mass is 240 g/mol. The Balaban J connectivity index is 2.39. The molecule has 7 nitrogen and oxygen atoms in total. The van der Waals surface area contributed by atoms with Gasteiger partial charge in [0.1, 0.15) is 5.76 Å². The zero-order valence-corrected chi connectivity index (χ0v) is 10.2. The third-order valence-corrected chi connectivity index (χ3v) is 1.84. The maximum absolute atomic E-state index is 11.4. The number of anilines is 1. The van der Waals surface area contributed by atoms with Crippen molar-refractivity contribution in [2.24, 2.45) is 5.41 Å². The quantitative estimate of drug-likeness (QED) is 0.642. The molecule has 0 radical (unpaired) electrons. The molecule has 0 aliphatic rings. The van der Waals surface area contributed by atoms with Crippen molar-refractivity contribution in [1.82, 2.24) is 16.0 Å². The summed E-state index contributed by atoms with van der Waals surface area (Å²) in [5, 5.41) is 5.97. The lowest BCUT2D eigenvalue weighted by Gasteiger charge is -2.17. The van der Waals surface area contributed by atoms with Gasteiger partial charge in [0.2, 0.25) is 5.91 Å². The van der Waals surface area contributed by atoms with Crippen molar-refractivity contribution in [3.63, 3.8) is 0 Å². The Morgan fingerprint density at radius 1 is 1.29 bits per heavy atom. The highest BCUT2D eigenvalue weighted by molar-refractivity contribution is 5.90. The van der Waals surface area contributed by atoms with E-state index in [-0.39, 0.29) is 11.7 Å². The van der Waals surface area contributed by atoms with Gasteiger partial charge in [-0.2, -0.15) is 0 Å². The van der Waals surface area contributed by atoms with Crippen molar-refractivity contribution in [3.8, 4) is 0 Å². The van der Waals surface area contributed by atoms with Crippen LogP contribution in [0, 0.1) is 12.3 Å². The highest BCUT2D eigenvalue weighted by Gasteiger charge is 2.21. The Morgan fingerprint density at radius 3 is 2.41 bits per heavy atom. The molecule has 3 amide bonds. The zero-order chi connectivity index (χ0) is 13.1. The van der Waals surface area contributed by atoms with E-state index in [9.17, 15) is 9.59 Å². The molecule has 94 valence electrons. The number of hydrogen-bond donors (Lipinski definition) is 3. The molecule has 0 fully saturated rings. The van der Waals surface area contributed by atoms with Crippen LogP contribution >= 0.6 is 0 Å². The van der Waals surface area contributed by atoms with Gasteiger partial charge in [-0.3, -0.25) is 15.5 Å². The van der Waals surface area contributed by atoms with Crippen molar-refractivity contribution < 1.29 is 14.1 Å². The van der Waals surface area contributed by atoms with Crippen molar-refractivity contribution >= 4 is 17.8 Å². The van der Waals surface area contributed by atoms with Crippen molar-refractivity contribution in [2.75, 3.05) is 5.32 Å². The minimum atomic E-state index is -0.587. The van der Waals surface area contributed by atoms with E-state index in [1.165, 1.54) is 0 Å². The smallest absolute Gasteiger partial charge is 0.339 e. The summed E-state index contributed by atoms with van der Waals surface area (Å²) in [4.78, 5) is 22.8. The summed E-state index contributed by atoms with van der Waals surface area (Å²) < 4.78 is 4.77. The number of urea groups is 1. The molecule has 0 spiro atoms. The Hall–Kier alpha value is -2.05. The van der Waals surface area contributed by atoms with E-state index in [1.54, 1.807) is 33.8 Å². The normalized spacial score (nSPS) is 10.8. The molecular weight excluding hydrogens is 224 g/mol. The van der Waals surface area contributed by atoms with Gasteiger partial charge in [0.15, 0.2) is 5.82 Å². The van der Waals surface area contributed by atoms with E-state index in [0.717, 1.165) is 0 Å². The molecule has 0 atom stereocenters. The SMILES string of the molecule is Cc1cc(NC(=O)NNC(=O)C(C)(C)C)no1. The molecule has 0 aliphatic carbocycles. The van der Waals surface area contributed by atoms with Gasteiger partial charge in [-0.25, -0.2) is 10.2 Å². The number of aryl methyl sites for hydroxylation is 1. The van der Waals surface area contributed by atoms with Gasteiger partial charge in [-0.1, -0.05) is 25.9 Å². The Bertz CT molecular complexity index is 419. The molecule has 7 heteroatoms. The molecule has 1 rings (SSSR count). The largest absolute Gasteiger partial charge is 0.360 e. The lowest BCUT2D eigenvalue weighted by atomic mass is 9.96. The first-order valence-electron chi connectivity index (χ1n) is 5.10. The second kappa shape index (κ2) is 4.86. The number of rotatable bonds is 1. The van der Waals surface area contributed by atoms with E-state index >= 15 is 0 Å². The minimum Gasteiger partial charge on any atom is -0.360 e. The van der Waals surface area contributed by atoms with Crippen LogP contribution in [0.5, 0.6) is 0 Å². The molecule has 1 aromatic heterocycles. The molecule has 1 heterocycles. The van der Waals surface area contributed by atoms with Gasteiger partial charge in [-0.05, 0) is 6.92 Å². The molecule has 17 heavy (non-hydrogen) atoms. The molecule has 0 unspecified atom stereocenters. The zero-order valence-electron chi connectivity index (χ0n) is 10.2. The number of nitrogens with one attached hydrogen (secondary N) is 3. The summed E-state index contributed by atoms with van der Waals surface area (Å²) in [6.07, 6.45) is 0. The Morgan fingerprint density at radius 2 is 1.94 bits per heavy atom. The van der Waals surface area contributed by atoms with Crippen LogP contribution in [0.15, 0.2) is 10.6 Å². The van der Waals surface area contributed by atoms with Gasteiger partial charge >= 0.3 is 6.03 Å². The number of amides is 3.